The number of aromatic nitrogens is 1. The van der Waals surface area contributed by atoms with Crippen LogP contribution in [0.15, 0.2) is 97.2 Å². The molecule has 6 atom stereocenters. The Morgan fingerprint density at radius 1 is 0.891 bits per heavy atom. The first kappa shape index (κ1) is 36.8. The largest absolute Gasteiger partial charge is 0.508 e. The molecule has 2 N–H and O–H groups in total. The molecule has 9 nitrogen and oxygen atoms in total. The highest BCUT2D eigenvalue weighted by atomic mass is 35.5. The van der Waals surface area contributed by atoms with E-state index >= 15 is 4.79 Å². The monoisotopic (exact) mass is 806 g/mol. The van der Waals surface area contributed by atoms with E-state index in [0.29, 0.717) is 39.1 Å². The number of aromatic hydroxyl groups is 1. The number of carbonyl (C=O) groups excluding carboxylic acids is 4. The second-order valence-electron chi connectivity index (χ2n) is 13.9. The lowest BCUT2D eigenvalue weighted by molar-refractivity contribution is -0.139. The maximum Gasteiger partial charge on any atom is 0.417 e. The van der Waals surface area contributed by atoms with Crippen molar-refractivity contribution in [2.45, 2.75) is 30.4 Å². The van der Waals surface area contributed by atoms with E-state index in [1.807, 2.05) is 6.08 Å². The molecule has 3 fully saturated rings. The van der Waals surface area contributed by atoms with E-state index in [-0.39, 0.29) is 29.2 Å². The Kier molecular flexibility index (Phi) is 8.86. The van der Waals surface area contributed by atoms with Crippen LogP contribution in [-0.4, -0.2) is 38.7 Å². The first-order valence-corrected chi connectivity index (χ1v) is 18.2. The molecule has 280 valence electrons. The standard InChI is InChI=1S/C40H28Cl3F3N4O5/c1-2-19-3-10-24(11-4-19)49-35(52)26-13-12-25-27(32(26)37(49)54)17-29-36(53)50(48-34-30(43)15-21(18-47-34)40(44,45)46)38(55)39(29,20-5-7-22(41)8-6-20)33(25)28-16-23(42)9-14-31(28)51/h2-12,14-16,18,26-27,29,32-33,51H,1,13,17H2,(H,47,48). The fourth-order valence-corrected chi connectivity index (χ4v) is 9.41. The molecule has 3 heterocycles. The number of imide groups is 2. The van der Waals surface area contributed by atoms with Gasteiger partial charge in [-0.1, -0.05) is 83.4 Å². The molecule has 55 heavy (non-hydrogen) atoms. The molecule has 8 rings (SSSR count). The zero-order valence-electron chi connectivity index (χ0n) is 28.4. The van der Waals surface area contributed by atoms with E-state index in [1.54, 1.807) is 54.6 Å². The second-order valence-corrected chi connectivity index (χ2v) is 15.2. The molecule has 4 aromatic rings. The Labute approximate surface area is 327 Å². The third kappa shape index (κ3) is 5.64. The van der Waals surface area contributed by atoms with Crippen molar-refractivity contribution in [3.8, 4) is 5.75 Å². The van der Waals surface area contributed by atoms with E-state index in [9.17, 15) is 32.7 Å². The fraction of sp³-hybridized carbons (Fsp3) is 0.225. The number of amides is 4. The van der Waals surface area contributed by atoms with Gasteiger partial charge in [-0.3, -0.25) is 29.5 Å². The van der Waals surface area contributed by atoms with E-state index < -0.39 is 81.2 Å². The van der Waals surface area contributed by atoms with Gasteiger partial charge in [0.15, 0.2) is 5.82 Å². The average molecular weight is 808 g/mol. The lowest BCUT2D eigenvalue weighted by atomic mass is 9.49. The summed E-state index contributed by atoms with van der Waals surface area (Å²) < 4.78 is 40.4. The summed E-state index contributed by atoms with van der Waals surface area (Å²) in [5.41, 5.74) is 1.82. The van der Waals surface area contributed by atoms with Gasteiger partial charge in [-0.2, -0.15) is 18.2 Å². The van der Waals surface area contributed by atoms with E-state index in [0.717, 1.165) is 10.5 Å². The Morgan fingerprint density at radius 3 is 2.24 bits per heavy atom. The van der Waals surface area contributed by atoms with Crippen LogP contribution >= 0.6 is 34.8 Å². The number of hydrazine groups is 1. The summed E-state index contributed by atoms with van der Waals surface area (Å²) in [6.07, 6.45) is -0.772. The first-order chi connectivity index (χ1) is 26.2. The lowest BCUT2D eigenvalue weighted by Crippen LogP contribution is -2.53. The number of halogens is 6. The van der Waals surface area contributed by atoms with Crippen LogP contribution in [0.3, 0.4) is 0 Å². The number of pyridine rings is 1. The number of hydrogen-bond donors (Lipinski definition) is 2. The molecule has 2 aliphatic heterocycles. The van der Waals surface area contributed by atoms with Crippen molar-refractivity contribution in [3.63, 3.8) is 0 Å². The minimum Gasteiger partial charge on any atom is -0.508 e. The van der Waals surface area contributed by atoms with Gasteiger partial charge in [-0.25, -0.2) is 4.98 Å². The second kappa shape index (κ2) is 13.2. The highest BCUT2D eigenvalue weighted by molar-refractivity contribution is 6.33. The number of allylic oxidation sites excluding steroid dienone is 2. The van der Waals surface area contributed by atoms with Gasteiger partial charge in [-0.05, 0) is 78.4 Å². The molecule has 0 bridgehead atoms. The molecule has 6 unspecified atom stereocenters. The number of carbonyl (C=O) groups is 4. The van der Waals surface area contributed by atoms with Gasteiger partial charge in [-0.15, -0.1) is 0 Å². The number of phenols is 1. The maximum atomic E-state index is 15.3. The molecule has 2 aliphatic carbocycles. The lowest BCUT2D eigenvalue weighted by Gasteiger charge is -2.50. The third-order valence-corrected chi connectivity index (χ3v) is 12.0. The van der Waals surface area contributed by atoms with E-state index in [2.05, 4.69) is 17.0 Å². The molecule has 15 heteroatoms. The first-order valence-electron chi connectivity index (χ1n) is 17.1. The SMILES string of the molecule is C=Cc1ccc(N2C(=O)C3CC=C4C(CC5C(=O)N(Nc6ncc(C(F)(F)F)cc6Cl)C(=O)C5(c5ccc(Cl)cc5)C4c4cc(Cl)ccc4O)C3C2=O)cc1. The molecule has 1 aromatic heterocycles. The minimum absolute atomic E-state index is 0.0906. The van der Waals surface area contributed by atoms with Gasteiger partial charge in [0.25, 0.3) is 11.8 Å². The number of fused-ring (bicyclic) bond motifs is 4. The number of nitrogens with one attached hydrogen (secondary N) is 1. The molecule has 4 amide bonds. The van der Waals surface area contributed by atoms with Crippen LogP contribution in [0.2, 0.25) is 15.1 Å². The van der Waals surface area contributed by atoms with Crippen LogP contribution in [0, 0.1) is 23.7 Å². The Bertz CT molecular complexity index is 2350. The van der Waals surface area contributed by atoms with Gasteiger partial charge in [0.2, 0.25) is 11.8 Å². The third-order valence-electron chi connectivity index (χ3n) is 11.2. The van der Waals surface area contributed by atoms with Crippen LogP contribution in [-0.2, 0) is 30.8 Å². The normalized spacial score (nSPS) is 26.1. The van der Waals surface area contributed by atoms with Gasteiger partial charge >= 0.3 is 6.18 Å². The average Bonchev–Trinajstić information content (AvgIpc) is 3.54. The molecule has 4 aliphatic rings. The van der Waals surface area contributed by atoms with Gasteiger partial charge < -0.3 is 5.11 Å². The predicted molar refractivity (Wildman–Crippen MR) is 199 cm³/mol. The van der Waals surface area contributed by atoms with Gasteiger partial charge in [0, 0.05) is 27.7 Å². The highest BCUT2D eigenvalue weighted by Gasteiger charge is 2.70. The fourth-order valence-electron chi connectivity index (χ4n) is 8.90. The van der Waals surface area contributed by atoms with Crippen molar-refractivity contribution >= 4 is 76.0 Å². The van der Waals surface area contributed by atoms with Gasteiger partial charge in [0.05, 0.1) is 39.4 Å². The van der Waals surface area contributed by atoms with Crippen LogP contribution in [0.25, 0.3) is 6.08 Å². The number of rotatable bonds is 6. The van der Waals surface area contributed by atoms with Crippen LogP contribution in [0.5, 0.6) is 5.75 Å². The Morgan fingerprint density at radius 2 is 1.58 bits per heavy atom. The minimum atomic E-state index is -4.76. The summed E-state index contributed by atoms with van der Waals surface area (Å²) >= 11 is 19.1. The number of hydrogen-bond acceptors (Lipinski definition) is 7. The van der Waals surface area contributed by atoms with Crippen LogP contribution < -0.4 is 10.3 Å². The predicted octanol–water partition coefficient (Wildman–Crippen LogP) is 8.60. The quantitative estimate of drug-likeness (QED) is 0.148. The molecular weight excluding hydrogens is 780 g/mol. The molecule has 3 aromatic carbocycles. The number of anilines is 2. The summed E-state index contributed by atoms with van der Waals surface area (Å²) in [5.74, 6) is -8.03. The molecule has 2 saturated heterocycles. The van der Waals surface area contributed by atoms with Crippen molar-refractivity contribution in [1.29, 1.82) is 0 Å². The summed E-state index contributed by atoms with van der Waals surface area (Å²) in [6, 6.07) is 18.0. The number of alkyl halides is 3. The van der Waals surface area contributed by atoms with Crippen LogP contribution in [0.4, 0.5) is 24.7 Å². The molecule has 1 saturated carbocycles. The maximum absolute atomic E-state index is 15.3. The van der Waals surface area contributed by atoms with E-state index in [1.165, 1.54) is 18.2 Å². The van der Waals surface area contributed by atoms with Crippen LogP contribution in [0.1, 0.15) is 41.0 Å². The van der Waals surface area contributed by atoms with Gasteiger partial charge in [0.1, 0.15) is 5.75 Å². The Hall–Kier alpha value is -5.17. The summed E-state index contributed by atoms with van der Waals surface area (Å²) in [5, 5.41) is 12.2. The number of benzene rings is 3. The number of nitrogens with zero attached hydrogens (tertiary/aromatic N) is 3. The zero-order valence-corrected chi connectivity index (χ0v) is 30.6. The van der Waals surface area contributed by atoms with Crippen molar-refractivity contribution in [2.75, 3.05) is 10.3 Å². The summed E-state index contributed by atoms with van der Waals surface area (Å²) in [4.78, 5) is 63.5. The van der Waals surface area contributed by atoms with Crippen molar-refractivity contribution in [1.82, 2.24) is 9.99 Å². The topological polar surface area (TPSA) is 120 Å². The smallest absolute Gasteiger partial charge is 0.417 e. The number of phenolic OH excluding ortho intramolecular Hbond substituents is 1. The highest BCUT2D eigenvalue weighted by Crippen LogP contribution is 2.65. The van der Waals surface area contributed by atoms with Crippen molar-refractivity contribution in [2.24, 2.45) is 23.7 Å². The molecular formula is C40H28Cl3F3N4O5. The van der Waals surface area contributed by atoms with E-state index in [4.69, 9.17) is 34.8 Å². The van der Waals surface area contributed by atoms with Crippen molar-refractivity contribution < 1.29 is 37.5 Å². The Balaban J connectivity index is 1.31. The molecule has 0 radical (unpaired) electrons. The zero-order chi connectivity index (χ0) is 39.1. The summed E-state index contributed by atoms with van der Waals surface area (Å²) in [6.45, 7) is 3.75. The van der Waals surface area contributed by atoms with Crippen molar-refractivity contribution in [3.05, 3.63) is 135 Å². The summed E-state index contributed by atoms with van der Waals surface area (Å²) in [7, 11) is 0. The molecule has 0 spiro atoms.